The Labute approximate surface area is 191 Å². The van der Waals surface area contributed by atoms with E-state index in [0.29, 0.717) is 30.9 Å². The monoisotopic (exact) mass is 441 g/mol. The van der Waals surface area contributed by atoms with Gasteiger partial charge in [0.1, 0.15) is 11.6 Å². The van der Waals surface area contributed by atoms with Crippen molar-refractivity contribution in [3.63, 3.8) is 0 Å². The van der Waals surface area contributed by atoms with Crippen molar-refractivity contribution in [2.45, 2.75) is 52.5 Å². The molecule has 1 saturated heterocycles. The summed E-state index contributed by atoms with van der Waals surface area (Å²) in [4.78, 5) is 16.9. The Bertz CT molecular complexity index is 887. The van der Waals surface area contributed by atoms with E-state index < -0.39 is 0 Å². The topological polar surface area (TPSA) is 44.8 Å². The first-order valence-corrected chi connectivity index (χ1v) is 12.0. The summed E-state index contributed by atoms with van der Waals surface area (Å²) in [7, 11) is 0. The molecule has 32 heavy (non-hydrogen) atoms. The van der Waals surface area contributed by atoms with Crippen LogP contribution in [-0.4, -0.2) is 49.6 Å². The molecule has 3 aliphatic rings. The van der Waals surface area contributed by atoms with Crippen molar-refractivity contribution in [2.24, 2.45) is 0 Å². The van der Waals surface area contributed by atoms with Crippen molar-refractivity contribution in [3.05, 3.63) is 53.8 Å². The molecule has 2 aromatic rings. The highest BCUT2D eigenvalue weighted by atomic mass is 19.1. The predicted molar refractivity (Wildman–Crippen MR) is 129 cm³/mol. The molecule has 5 nitrogen and oxygen atoms in total. The van der Waals surface area contributed by atoms with Gasteiger partial charge >= 0.3 is 0 Å². The first-order chi connectivity index (χ1) is 15.7. The number of nitrogens with zero attached hydrogens (tertiary/aromatic N) is 2. The molecule has 1 fully saturated rings. The molecule has 0 spiro atoms. The van der Waals surface area contributed by atoms with E-state index >= 15 is 0 Å². The number of nitrogens with one attached hydrogen (secondary N) is 1. The number of para-hydroxylation sites is 1. The minimum Gasteiger partial charge on any atom is -0.494 e. The highest BCUT2D eigenvalue weighted by Gasteiger charge is 2.44. The van der Waals surface area contributed by atoms with E-state index in [1.807, 2.05) is 33.8 Å². The summed E-state index contributed by atoms with van der Waals surface area (Å²) >= 11 is 0. The Hall–Kier alpha value is -2.60. The summed E-state index contributed by atoms with van der Waals surface area (Å²) in [6.07, 6.45) is 2.01. The molecule has 1 amide bonds. The van der Waals surface area contributed by atoms with Crippen LogP contribution in [0.15, 0.2) is 42.5 Å². The Morgan fingerprint density at radius 3 is 2.59 bits per heavy atom. The van der Waals surface area contributed by atoms with Crippen LogP contribution in [0, 0.1) is 5.82 Å². The average molecular weight is 442 g/mol. The summed E-state index contributed by atoms with van der Waals surface area (Å²) in [5, 5.41) is 3.02. The van der Waals surface area contributed by atoms with Crippen LogP contribution in [0.3, 0.4) is 0 Å². The summed E-state index contributed by atoms with van der Waals surface area (Å²) < 4.78 is 18.7. The van der Waals surface area contributed by atoms with Gasteiger partial charge in [-0.05, 0) is 48.7 Å². The van der Waals surface area contributed by atoms with Crippen LogP contribution in [-0.2, 0) is 4.79 Å². The van der Waals surface area contributed by atoms with Gasteiger partial charge < -0.3 is 19.9 Å². The van der Waals surface area contributed by atoms with Crippen LogP contribution >= 0.6 is 0 Å². The third-order valence-electron chi connectivity index (χ3n) is 6.10. The van der Waals surface area contributed by atoms with Crippen LogP contribution in [0.25, 0.3) is 0 Å². The van der Waals surface area contributed by atoms with E-state index in [0.717, 1.165) is 38.2 Å². The Kier molecular flexibility index (Phi) is 8.51. The van der Waals surface area contributed by atoms with Crippen molar-refractivity contribution < 1.29 is 13.9 Å². The maximum absolute atomic E-state index is 12.9. The highest BCUT2D eigenvalue weighted by molar-refractivity contribution is 6.03. The molecule has 0 aliphatic carbocycles. The number of ether oxygens (including phenoxy) is 1. The summed E-state index contributed by atoms with van der Waals surface area (Å²) in [5.41, 5.74) is 3.57. The van der Waals surface area contributed by atoms with Gasteiger partial charge in [0.2, 0.25) is 5.91 Å². The van der Waals surface area contributed by atoms with Gasteiger partial charge in [0, 0.05) is 31.6 Å². The Morgan fingerprint density at radius 2 is 1.84 bits per heavy atom. The van der Waals surface area contributed by atoms with E-state index in [1.165, 1.54) is 23.4 Å². The van der Waals surface area contributed by atoms with Gasteiger partial charge in [0.05, 0.1) is 24.5 Å². The molecular weight excluding hydrogens is 405 g/mol. The van der Waals surface area contributed by atoms with Crippen LogP contribution in [0.1, 0.15) is 52.0 Å². The molecule has 174 valence electrons. The molecule has 2 unspecified atom stereocenters. The zero-order valence-electron chi connectivity index (χ0n) is 19.7. The number of rotatable bonds is 5. The Balaban J connectivity index is 0.000000686. The van der Waals surface area contributed by atoms with Crippen molar-refractivity contribution in [3.8, 4) is 5.75 Å². The molecule has 3 aliphatic heterocycles. The molecule has 5 rings (SSSR count). The fraction of sp³-hybridized carbons (Fsp3) is 0.500. The number of hydrogen-bond acceptors (Lipinski definition) is 4. The maximum atomic E-state index is 12.9. The van der Waals surface area contributed by atoms with Crippen LogP contribution < -0.4 is 15.0 Å². The number of carbonyl (C=O) groups is 1. The van der Waals surface area contributed by atoms with E-state index in [-0.39, 0.29) is 11.7 Å². The van der Waals surface area contributed by atoms with Crippen molar-refractivity contribution in [2.75, 3.05) is 43.0 Å². The summed E-state index contributed by atoms with van der Waals surface area (Å²) in [5.74, 6) is 1.01. The smallest absolute Gasteiger partial charge is 0.243 e. The van der Waals surface area contributed by atoms with Gasteiger partial charge in [-0.3, -0.25) is 4.79 Å². The van der Waals surface area contributed by atoms with Gasteiger partial charge in [0.15, 0.2) is 0 Å². The van der Waals surface area contributed by atoms with Gasteiger partial charge in [-0.1, -0.05) is 39.8 Å². The number of carbonyl (C=O) groups excluding carboxylic acids is 1. The number of amides is 1. The number of likely N-dealkylation sites (tertiary alicyclic amines) is 1. The van der Waals surface area contributed by atoms with E-state index in [4.69, 9.17) is 4.74 Å². The maximum Gasteiger partial charge on any atom is 0.243 e. The van der Waals surface area contributed by atoms with Crippen LogP contribution in [0.5, 0.6) is 5.75 Å². The molecule has 0 bridgehead atoms. The molecular formula is C26H36FN3O2. The normalized spacial score (nSPS) is 20.7. The average Bonchev–Trinajstić information content (AvgIpc) is 3.15. The lowest BCUT2D eigenvalue weighted by Crippen LogP contribution is -2.49. The fourth-order valence-electron chi connectivity index (χ4n) is 4.89. The number of piperidine rings is 1. The van der Waals surface area contributed by atoms with Gasteiger partial charge in [-0.2, -0.15) is 0 Å². The first-order valence-electron chi connectivity index (χ1n) is 12.0. The van der Waals surface area contributed by atoms with Crippen LogP contribution in [0.4, 0.5) is 15.8 Å². The summed E-state index contributed by atoms with van der Waals surface area (Å²) in [6.45, 7) is 12.1. The van der Waals surface area contributed by atoms with Gasteiger partial charge in [0.25, 0.3) is 0 Å². The van der Waals surface area contributed by atoms with E-state index in [1.54, 1.807) is 12.1 Å². The van der Waals surface area contributed by atoms with Crippen LogP contribution in [0.2, 0.25) is 0 Å². The van der Waals surface area contributed by atoms with Gasteiger partial charge in [-0.25, -0.2) is 4.39 Å². The van der Waals surface area contributed by atoms with Gasteiger partial charge in [-0.15, -0.1) is 0 Å². The molecule has 1 N–H and O–H groups in total. The first kappa shape index (κ1) is 24.1. The zero-order chi connectivity index (χ0) is 23.1. The second kappa shape index (κ2) is 11.3. The number of hydrogen-bond donors (Lipinski definition) is 1. The molecule has 2 aromatic carbocycles. The van der Waals surface area contributed by atoms with Crippen molar-refractivity contribution in [1.82, 2.24) is 4.90 Å². The zero-order valence-corrected chi connectivity index (χ0v) is 19.7. The number of benzene rings is 2. The lowest BCUT2D eigenvalue weighted by Gasteiger charge is -2.39. The van der Waals surface area contributed by atoms with Crippen molar-refractivity contribution >= 4 is 17.3 Å². The third kappa shape index (κ3) is 5.07. The standard InChI is InChI=1S/C22H24FN3O2.2C2H6/c23-15-5-7-16(8-6-15)28-12-2-10-25-11-9-20-18(13-25)17-3-1-4-19-22(17)26(20)14-21(27)24-19;2*1-2/h1,3-8,18,20H,2,9-14H2,(H,24,27);2*1-2H3. The molecule has 0 aromatic heterocycles. The SMILES string of the molecule is CC.CC.O=C1CN2c3c(cccc3C3CN(CCCOc4ccc(F)cc4)CCC32)N1. The third-order valence-corrected chi connectivity index (χ3v) is 6.10. The molecule has 3 heterocycles. The lowest BCUT2D eigenvalue weighted by molar-refractivity contribution is -0.115. The Morgan fingerprint density at radius 1 is 1.09 bits per heavy atom. The molecule has 0 radical (unpaired) electrons. The lowest BCUT2D eigenvalue weighted by atomic mass is 9.89. The predicted octanol–water partition coefficient (Wildman–Crippen LogP) is 5.28. The second-order valence-corrected chi connectivity index (χ2v) is 7.84. The minimum atomic E-state index is -0.245. The number of fused-ring (bicyclic) bond motifs is 3. The molecule has 6 heteroatoms. The molecule has 0 saturated carbocycles. The number of halogens is 1. The number of anilines is 2. The fourth-order valence-corrected chi connectivity index (χ4v) is 4.89. The summed E-state index contributed by atoms with van der Waals surface area (Å²) in [6, 6.07) is 12.9. The highest BCUT2D eigenvalue weighted by Crippen LogP contribution is 2.49. The minimum absolute atomic E-state index is 0.0886. The second-order valence-electron chi connectivity index (χ2n) is 7.84. The molecule has 2 atom stereocenters. The quantitative estimate of drug-likeness (QED) is 0.642. The van der Waals surface area contributed by atoms with E-state index in [9.17, 15) is 9.18 Å². The van der Waals surface area contributed by atoms with E-state index in [2.05, 4.69) is 27.2 Å². The largest absolute Gasteiger partial charge is 0.494 e. The van der Waals surface area contributed by atoms with Crippen molar-refractivity contribution in [1.29, 1.82) is 0 Å².